The van der Waals surface area contributed by atoms with Gasteiger partial charge in [0.25, 0.3) is 5.91 Å². The van der Waals surface area contributed by atoms with E-state index < -0.39 is 52.5 Å². The Kier molecular flexibility index (Phi) is 14.6. The fraction of sp³-hybridized carbons (Fsp3) is 0.512. The summed E-state index contributed by atoms with van der Waals surface area (Å²) in [5, 5.41) is 29.0. The van der Waals surface area contributed by atoms with Crippen LogP contribution in [0.2, 0.25) is 0 Å². The number of aromatic amines is 1. The van der Waals surface area contributed by atoms with Gasteiger partial charge in [0.1, 0.15) is 11.5 Å². The molecule has 3 aromatic rings. The SMILES string of the molecule is CCCC1C(C(=O)N2CCC(O)(c3ccccc3OCCCc3c(C)n[nH]c3C)CC2)CCCN1C(=O)c1cnccc1C(F)(F)F.OC1=CSCC(C(F)(F)F)=C1. The van der Waals surface area contributed by atoms with Crippen LogP contribution < -0.4 is 4.74 Å². The van der Waals surface area contributed by atoms with Crippen LogP contribution in [0, 0.1) is 19.8 Å². The number of hydrogen-bond acceptors (Lipinski definition) is 8. The van der Waals surface area contributed by atoms with E-state index in [2.05, 4.69) is 15.2 Å². The minimum atomic E-state index is -4.70. The first-order valence-electron chi connectivity index (χ1n) is 19.3. The van der Waals surface area contributed by atoms with Crippen molar-refractivity contribution in [1.29, 1.82) is 0 Å². The molecule has 1 aromatic carbocycles. The molecule has 0 spiro atoms. The molecule has 0 saturated carbocycles. The lowest BCUT2D eigenvalue weighted by molar-refractivity contribution is -0.144. The molecule has 0 bridgehead atoms. The van der Waals surface area contributed by atoms with Crippen molar-refractivity contribution in [3.05, 3.63) is 99.2 Å². The molecular weight excluding hydrogens is 789 g/mol. The summed E-state index contributed by atoms with van der Waals surface area (Å²) >= 11 is 0.938. The molecule has 3 aliphatic rings. The predicted molar refractivity (Wildman–Crippen MR) is 207 cm³/mol. The van der Waals surface area contributed by atoms with E-state index in [0.717, 1.165) is 60.5 Å². The van der Waals surface area contributed by atoms with Crippen molar-refractivity contribution in [3.8, 4) is 5.75 Å². The van der Waals surface area contributed by atoms with Gasteiger partial charge in [-0.05, 0) is 82.6 Å². The second kappa shape index (κ2) is 19.0. The van der Waals surface area contributed by atoms with Gasteiger partial charge in [0.2, 0.25) is 5.91 Å². The summed E-state index contributed by atoms with van der Waals surface area (Å²) in [4.78, 5) is 34.5. The Bertz CT molecular complexity index is 1940. The Balaban J connectivity index is 0.000000503. The zero-order valence-corrected chi connectivity index (χ0v) is 33.4. The van der Waals surface area contributed by atoms with Crippen LogP contribution in [0.15, 0.2) is 65.5 Å². The van der Waals surface area contributed by atoms with E-state index in [0.29, 0.717) is 69.5 Å². The number of H-pyrrole nitrogens is 1. The second-order valence-corrected chi connectivity index (χ2v) is 15.6. The number of nitrogens with one attached hydrogen (secondary N) is 1. The van der Waals surface area contributed by atoms with Gasteiger partial charge in [0.05, 0.1) is 34.9 Å². The normalized spacial score (nSPS) is 19.8. The van der Waals surface area contributed by atoms with Gasteiger partial charge in [-0.15, -0.1) is 11.8 Å². The molecule has 316 valence electrons. The van der Waals surface area contributed by atoms with E-state index in [9.17, 15) is 41.0 Å². The molecule has 5 heterocycles. The zero-order chi connectivity index (χ0) is 42.3. The number of carbonyl (C=O) groups is 2. The van der Waals surface area contributed by atoms with Crippen molar-refractivity contribution >= 4 is 23.6 Å². The first kappa shape index (κ1) is 44.6. The number of allylic oxidation sites excluding steroid dienone is 1. The summed E-state index contributed by atoms with van der Waals surface area (Å²) < 4.78 is 83.1. The molecule has 2 atom stereocenters. The maximum atomic E-state index is 14.0. The standard InChI is InChI=1S/C35H44F3N5O4.C6H5F3OS/c1-4-9-30-26(10-7-18-43(30)33(45)27-22-39-17-14-28(27)35(36,37)38)32(44)42-19-15-34(46,16-20-42)29-12-5-6-13-31(29)47-21-8-11-25-23(2)40-41-24(25)3;7-6(8,9)4-1-5(10)3-11-2-4/h5-6,12-14,17,22,26,30,46H,4,7-11,15-16,18-21H2,1-3H3,(H,40,41);1,3,10H,2H2. The lowest BCUT2D eigenvalue weighted by Crippen LogP contribution is -2.55. The van der Waals surface area contributed by atoms with E-state index in [4.69, 9.17) is 9.84 Å². The van der Waals surface area contributed by atoms with Crippen LogP contribution in [0.3, 0.4) is 0 Å². The number of amides is 2. The third-order valence-corrected chi connectivity index (χ3v) is 11.7. The van der Waals surface area contributed by atoms with Crippen molar-refractivity contribution in [2.24, 2.45) is 5.92 Å². The zero-order valence-electron chi connectivity index (χ0n) is 32.6. The molecule has 58 heavy (non-hydrogen) atoms. The molecule has 3 N–H and O–H groups in total. The highest BCUT2D eigenvalue weighted by atomic mass is 32.2. The number of pyridine rings is 1. The van der Waals surface area contributed by atoms with Gasteiger partial charge in [-0.2, -0.15) is 31.4 Å². The highest BCUT2D eigenvalue weighted by molar-refractivity contribution is 8.02. The Labute approximate surface area is 337 Å². The molecule has 3 aliphatic heterocycles. The summed E-state index contributed by atoms with van der Waals surface area (Å²) in [6, 6.07) is 7.75. The molecular formula is C41H49F6N5O5S. The molecule has 2 aromatic heterocycles. The van der Waals surface area contributed by atoms with Crippen molar-refractivity contribution in [2.75, 3.05) is 32.0 Å². The van der Waals surface area contributed by atoms with Crippen LogP contribution in [-0.4, -0.2) is 91.2 Å². The summed E-state index contributed by atoms with van der Waals surface area (Å²) in [5.41, 5.74) is 0.519. The van der Waals surface area contributed by atoms with Crippen molar-refractivity contribution in [3.63, 3.8) is 0 Å². The van der Waals surface area contributed by atoms with Crippen LogP contribution in [-0.2, 0) is 23.0 Å². The van der Waals surface area contributed by atoms with E-state index in [-0.39, 0.29) is 24.0 Å². The summed E-state index contributed by atoms with van der Waals surface area (Å²) in [7, 11) is 0. The second-order valence-electron chi connectivity index (χ2n) is 14.8. The molecule has 2 amide bonds. The van der Waals surface area contributed by atoms with Crippen LogP contribution in [0.25, 0.3) is 0 Å². The lowest BCUT2D eigenvalue weighted by atomic mass is 9.81. The maximum Gasteiger partial charge on any atom is 0.417 e. The molecule has 10 nitrogen and oxygen atoms in total. The van der Waals surface area contributed by atoms with Gasteiger partial charge < -0.3 is 24.7 Å². The number of likely N-dealkylation sites (tertiary alicyclic amines) is 2. The van der Waals surface area contributed by atoms with Crippen molar-refractivity contribution in [1.82, 2.24) is 25.0 Å². The Morgan fingerprint density at radius 3 is 2.40 bits per heavy atom. The largest absolute Gasteiger partial charge is 0.507 e. The smallest absolute Gasteiger partial charge is 0.417 e. The quantitative estimate of drug-likeness (QED) is 0.137. The van der Waals surface area contributed by atoms with Gasteiger partial charge in [-0.1, -0.05) is 31.5 Å². The summed E-state index contributed by atoms with van der Waals surface area (Å²) in [6.07, 6.45) is -1.84. The number of benzene rings is 1. The third kappa shape index (κ3) is 10.8. The average molecular weight is 838 g/mol. The topological polar surface area (TPSA) is 132 Å². The van der Waals surface area contributed by atoms with Crippen LogP contribution >= 0.6 is 11.8 Å². The highest BCUT2D eigenvalue weighted by Gasteiger charge is 2.45. The van der Waals surface area contributed by atoms with Crippen molar-refractivity contribution in [2.45, 2.75) is 96.1 Å². The number of alkyl halides is 6. The number of halogens is 6. The minimum absolute atomic E-state index is 0.117. The van der Waals surface area contributed by atoms with Crippen LogP contribution in [0.4, 0.5) is 26.3 Å². The van der Waals surface area contributed by atoms with Gasteiger partial charge in [-0.25, -0.2) is 0 Å². The fourth-order valence-electron chi connectivity index (χ4n) is 7.80. The number of carbonyl (C=O) groups excluding carboxylic acids is 2. The number of piperidine rings is 2. The van der Waals surface area contributed by atoms with Crippen LogP contribution in [0.1, 0.15) is 90.3 Å². The molecule has 2 unspecified atom stereocenters. The summed E-state index contributed by atoms with van der Waals surface area (Å²) in [6.45, 7) is 7.29. The highest BCUT2D eigenvalue weighted by Crippen LogP contribution is 2.40. The third-order valence-electron chi connectivity index (χ3n) is 10.8. The number of nitrogens with zero attached hydrogens (tertiary/aromatic N) is 4. The van der Waals surface area contributed by atoms with Crippen LogP contribution in [0.5, 0.6) is 5.75 Å². The molecule has 17 heteroatoms. The van der Waals surface area contributed by atoms with Gasteiger partial charge in [-0.3, -0.25) is 19.7 Å². The van der Waals surface area contributed by atoms with Gasteiger partial charge in [0, 0.05) is 66.1 Å². The maximum absolute atomic E-state index is 14.0. The van der Waals surface area contributed by atoms with E-state index in [1.54, 1.807) is 4.90 Å². The molecule has 2 saturated heterocycles. The Morgan fingerprint density at radius 1 is 1.05 bits per heavy atom. The predicted octanol–water partition coefficient (Wildman–Crippen LogP) is 8.60. The number of aliphatic hydroxyl groups excluding tert-OH is 1. The fourth-order valence-corrected chi connectivity index (χ4v) is 8.55. The molecule has 2 fully saturated rings. The first-order chi connectivity index (χ1) is 27.4. The lowest BCUT2D eigenvalue weighted by Gasteiger charge is -2.45. The van der Waals surface area contributed by atoms with Crippen molar-refractivity contribution < 1.29 is 50.9 Å². The Morgan fingerprint density at radius 2 is 1.78 bits per heavy atom. The van der Waals surface area contributed by atoms with E-state index in [1.807, 2.05) is 45.0 Å². The van der Waals surface area contributed by atoms with Gasteiger partial charge >= 0.3 is 12.4 Å². The number of aryl methyl sites for hydroxylation is 2. The first-order valence-corrected chi connectivity index (χ1v) is 20.3. The average Bonchev–Trinajstić information content (AvgIpc) is 3.51. The number of ether oxygens (including phenoxy) is 1. The number of thioether (sulfide) groups is 1. The van der Waals surface area contributed by atoms with Gasteiger partial charge in [0.15, 0.2) is 0 Å². The number of aromatic nitrogens is 3. The molecule has 0 aliphatic carbocycles. The molecule has 0 radical (unpaired) electrons. The Hall–Kier alpha value is -4.51. The molecule has 6 rings (SSSR count). The number of rotatable bonds is 10. The number of aliphatic hydroxyl groups is 2. The number of hydrogen-bond donors (Lipinski definition) is 3. The van der Waals surface area contributed by atoms with E-state index >= 15 is 0 Å². The summed E-state index contributed by atoms with van der Waals surface area (Å²) in [5.74, 6) is -1.24. The monoisotopic (exact) mass is 837 g/mol. The number of para-hydroxylation sites is 1. The van der Waals surface area contributed by atoms with E-state index in [1.165, 1.54) is 15.9 Å². The minimum Gasteiger partial charge on any atom is -0.507 e.